The highest BCUT2D eigenvalue weighted by Crippen LogP contribution is 2.31. The number of aryl methyl sites for hydroxylation is 1. The van der Waals surface area contributed by atoms with Crippen LogP contribution in [0.1, 0.15) is 36.8 Å². The summed E-state index contributed by atoms with van der Waals surface area (Å²) in [6.07, 6.45) is 3.96. The van der Waals surface area contributed by atoms with Crippen LogP contribution in [-0.4, -0.2) is 46.0 Å². The molecule has 25 heavy (non-hydrogen) atoms. The van der Waals surface area contributed by atoms with Gasteiger partial charge >= 0.3 is 0 Å². The lowest BCUT2D eigenvalue weighted by molar-refractivity contribution is -0.133. The molecule has 7 nitrogen and oxygen atoms in total. The first kappa shape index (κ1) is 17.3. The van der Waals surface area contributed by atoms with Gasteiger partial charge in [0, 0.05) is 31.6 Å². The van der Waals surface area contributed by atoms with Gasteiger partial charge in [-0.1, -0.05) is 6.07 Å². The summed E-state index contributed by atoms with van der Waals surface area (Å²) in [6, 6.07) is 7.47. The van der Waals surface area contributed by atoms with Crippen LogP contribution in [0.15, 0.2) is 30.5 Å². The highest BCUT2D eigenvalue weighted by Gasteiger charge is 2.31. The number of carbonyl (C=O) groups excluding carboxylic acids is 1. The van der Waals surface area contributed by atoms with Crippen molar-refractivity contribution in [1.29, 1.82) is 0 Å². The van der Waals surface area contributed by atoms with E-state index >= 15 is 0 Å². The number of likely N-dealkylation sites (tertiary alicyclic amines) is 1. The molecule has 1 unspecified atom stereocenters. The molecule has 2 aromatic heterocycles. The van der Waals surface area contributed by atoms with Crippen LogP contribution in [0.25, 0.3) is 0 Å². The van der Waals surface area contributed by atoms with Gasteiger partial charge in [-0.25, -0.2) is 15.0 Å². The van der Waals surface area contributed by atoms with Crippen LogP contribution in [0.2, 0.25) is 0 Å². The number of amides is 1. The first-order valence-electron chi connectivity index (χ1n) is 8.49. The van der Waals surface area contributed by atoms with Gasteiger partial charge in [-0.2, -0.15) is 0 Å². The van der Waals surface area contributed by atoms with Gasteiger partial charge in [0.2, 0.25) is 5.91 Å². The second kappa shape index (κ2) is 8.02. The maximum atomic E-state index is 12.4. The molecule has 3 heterocycles. The van der Waals surface area contributed by atoms with E-state index in [2.05, 4.69) is 20.3 Å². The molecular formula is C18H23N5O2. The first-order valence-corrected chi connectivity index (χ1v) is 8.49. The van der Waals surface area contributed by atoms with Crippen molar-refractivity contribution < 1.29 is 9.53 Å². The molecule has 0 bridgehead atoms. The van der Waals surface area contributed by atoms with Crippen LogP contribution in [-0.2, 0) is 9.53 Å². The molecule has 1 aliphatic rings. The van der Waals surface area contributed by atoms with Crippen LogP contribution in [0, 0.1) is 6.92 Å². The summed E-state index contributed by atoms with van der Waals surface area (Å²) in [4.78, 5) is 27.8. The lowest BCUT2D eigenvalue weighted by Crippen LogP contribution is -2.32. The van der Waals surface area contributed by atoms with Crippen LogP contribution in [0.3, 0.4) is 0 Å². The molecule has 0 spiro atoms. The zero-order chi connectivity index (χ0) is 17.6. The van der Waals surface area contributed by atoms with Crippen LogP contribution in [0.4, 0.5) is 11.6 Å². The second-order valence-electron chi connectivity index (χ2n) is 6.08. The Balaban J connectivity index is 1.80. The zero-order valence-electron chi connectivity index (χ0n) is 14.6. The lowest BCUT2D eigenvalue weighted by Gasteiger charge is -2.24. The highest BCUT2D eigenvalue weighted by atomic mass is 16.5. The third-order valence-corrected chi connectivity index (χ3v) is 4.18. The Kier molecular flexibility index (Phi) is 5.55. The number of anilines is 2. The molecule has 0 saturated carbocycles. The molecule has 3 rings (SSSR count). The molecule has 1 fully saturated rings. The van der Waals surface area contributed by atoms with Gasteiger partial charge < -0.3 is 15.0 Å². The van der Waals surface area contributed by atoms with E-state index in [1.54, 1.807) is 13.3 Å². The summed E-state index contributed by atoms with van der Waals surface area (Å²) in [6.45, 7) is 3.11. The van der Waals surface area contributed by atoms with Gasteiger partial charge in [-0.3, -0.25) is 4.79 Å². The fourth-order valence-electron chi connectivity index (χ4n) is 3.04. The summed E-state index contributed by atoms with van der Waals surface area (Å²) >= 11 is 0. The van der Waals surface area contributed by atoms with Crippen LogP contribution < -0.4 is 5.32 Å². The van der Waals surface area contributed by atoms with E-state index in [1.807, 2.05) is 36.1 Å². The largest absolute Gasteiger partial charge is 0.384 e. The van der Waals surface area contributed by atoms with Gasteiger partial charge in [0.25, 0.3) is 0 Å². The number of pyridine rings is 1. The van der Waals surface area contributed by atoms with Crippen molar-refractivity contribution in [3.63, 3.8) is 0 Å². The molecule has 132 valence electrons. The zero-order valence-corrected chi connectivity index (χ0v) is 14.6. The smallest absolute Gasteiger partial charge is 0.225 e. The minimum atomic E-state index is -0.0754. The highest BCUT2D eigenvalue weighted by molar-refractivity contribution is 5.77. The molecule has 1 saturated heterocycles. The number of rotatable bonds is 6. The number of methoxy groups -OCH3 is 1. The van der Waals surface area contributed by atoms with Crippen molar-refractivity contribution >= 4 is 17.5 Å². The summed E-state index contributed by atoms with van der Waals surface area (Å²) in [5.74, 6) is 2.19. The SMILES string of the molecule is COCCC(=O)N1CCCC1c1nc(C)cc(Nc2ccccn2)n1. The number of nitrogens with one attached hydrogen (secondary N) is 1. The molecule has 0 aliphatic carbocycles. The first-order chi connectivity index (χ1) is 12.2. The normalized spacial score (nSPS) is 16.9. The van der Waals surface area contributed by atoms with Crippen LogP contribution >= 0.6 is 0 Å². The molecule has 1 N–H and O–H groups in total. The Morgan fingerprint density at radius 2 is 2.24 bits per heavy atom. The molecule has 7 heteroatoms. The van der Waals surface area contributed by atoms with Gasteiger partial charge in [-0.15, -0.1) is 0 Å². The Morgan fingerprint density at radius 1 is 1.36 bits per heavy atom. The Labute approximate surface area is 147 Å². The number of carbonyl (C=O) groups is 1. The van der Waals surface area contributed by atoms with Gasteiger partial charge in [0.15, 0.2) is 5.82 Å². The minimum Gasteiger partial charge on any atom is -0.384 e. The average molecular weight is 341 g/mol. The Bertz CT molecular complexity index is 723. The molecule has 0 aromatic carbocycles. The molecule has 2 aromatic rings. The molecular weight excluding hydrogens is 318 g/mol. The summed E-state index contributed by atoms with van der Waals surface area (Å²) in [5, 5.41) is 3.20. The number of nitrogens with zero attached hydrogens (tertiary/aromatic N) is 4. The summed E-state index contributed by atoms with van der Waals surface area (Å²) < 4.78 is 5.02. The van der Waals surface area contributed by atoms with E-state index in [1.165, 1.54) is 0 Å². The fourth-order valence-corrected chi connectivity index (χ4v) is 3.04. The predicted octanol–water partition coefficient (Wildman–Crippen LogP) is 2.62. The van der Waals surface area contributed by atoms with E-state index in [4.69, 9.17) is 4.74 Å². The minimum absolute atomic E-state index is 0.0754. The quantitative estimate of drug-likeness (QED) is 0.870. The summed E-state index contributed by atoms with van der Waals surface area (Å²) in [7, 11) is 1.61. The third kappa shape index (κ3) is 4.30. The average Bonchev–Trinajstić information content (AvgIpc) is 3.10. The van der Waals surface area contributed by atoms with E-state index < -0.39 is 0 Å². The summed E-state index contributed by atoms with van der Waals surface area (Å²) in [5.41, 5.74) is 0.861. The third-order valence-electron chi connectivity index (χ3n) is 4.18. The fraction of sp³-hybridized carbons (Fsp3) is 0.444. The van der Waals surface area contributed by atoms with Crippen molar-refractivity contribution in [2.45, 2.75) is 32.2 Å². The number of aromatic nitrogens is 3. The number of ether oxygens (including phenoxy) is 1. The predicted molar refractivity (Wildman–Crippen MR) is 94.5 cm³/mol. The molecule has 1 atom stereocenters. The molecule has 1 aliphatic heterocycles. The van der Waals surface area contributed by atoms with Crippen molar-refractivity contribution in [3.8, 4) is 0 Å². The van der Waals surface area contributed by atoms with Crippen molar-refractivity contribution in [3.05, 3.63) is 42.0 Å². The Morgan fingerprint density at radius 3 is 3.00 bits per heavy atom. The molecule has 0 radical (unpaired) electrons. The lowest BCUT2D eigenvalue weighted by atomic mass is 10.2. The van der Waals surface area contributed by atoms with Crippen molar-refractivity contribution in [1.82, 2.24) is 19.9 Å². The van der Waals surface area contributed by atoms with Gasteiger partial charge in [0.05, 0.1) is 19.1 Å². The topological polar surface area (TPSA) is 80.2 Å². The van der Waals surface area contributed by atoms with E-state index in [-0.39, 0.29) is 11.9 Å². The maximum absolute atomic E-state index is 12.4. The van der Waals surface area contributed by atoms with Crippen molar-refractivity contribution in [2.75, 3.05) is 25.6 Å². The van der Waals surface area contributed by atoms with E-state index in [0.29, 0.717) is 24.7 Å². The van der Waals surface area contributed by atoms with Crippen molar-refractivity contribution in [2.24, 2.45) is 0 Å². The molecule has 1 amide bonds. The second-order valence-corrected chi connectivity index (χ2v) is 6.08. The van der Waals surface area contributed by atoms with E-state index in [9.17, 15) is 4.79 Å². The maximum Gasteiger partial charge on any atom is 0.225 e. The van der Waals surface area contributed by atoms with Crippen LogP contribution in [0.5, 0.6) is 0 Å². The number of hydrogen-bond donors (Lipinski definition) is 1. The van der Waals surface area contributed by atoms with Gasteiger partial charge in [0.1, 0.15) is 11.6 Å². The van der Waals surface area contributed by atoms with E-state index in [0.717, 1.165) is 30.9 Å². The monoisotopic (exact) mass is 341 g/mol. The van der Waals surface area contributed by atoms with Gasteiger partial charge in [-0.05, 0) is 31.9 Å². The standard InChI is InChI=1S/C18H23N5O2/c1-13-12-16(21-15-7-3-4-9-19-15)22-18(20-13)14-6-5-10-23(14)17(24)8-11-25-2/h3-4,7,9,12,14H,5-6,8,10-11H2,1-2H3,(H,19,20,21,22). The number of hydrogen-bond acceptors (Lipinski definition) is 6. The Hall–Kier alpha value is -2.54.